The molecular formula is C96H65B3N4OS. The second-order valence-corrected chi connectivity index (χ2v) is 28.4. The summed E-state index contributed by atoms with van der Waals surface area (Å²) in [5.41, 5.74) is 28.4. The molecule has 0 saturated heterocycles. The quantitative estimate of drug-likeness (QED) is 0.149. The summed E-state index contributed by atoms with van der Waals surface area (Å²) in [5, 5.41) is 7.60. The molecule has 3 aliphatic heterocycles. The van der Waals surface area contributed by atoms with E-state index in [0.29, 0.717) is 0 Å². The lowest BCUT2D eigenvalue weighted by atomic mass is 9.35. The summed E-state index contributed by atoms with van der Waals surface area (Å²) in [6.07, 6.45) is 0. The molecule has 0 unspecified atom stereocenters. The number of anilines is 9. The second-order valence-electron chi connectivity index (χ2n) is 27.3. The summed E-state index contributed by atoms with van der Waals surface area (Å²) in [6, 6.07) is 142. The number of thiophene rings is 1. The van der Waals surface area contributed by atoms with Gasteiger partial charge < -0.3 is 23.7 Å². The fourth-order valence-electron chi connectivity index (χ4n) is 17.0. The minimum Gasteiger partial charge on any atom is -0.456 e. The molecular weight excluding hydrogens is 1290 g/mol. The van der Waals surface area contributed by atoms with Crippen molar-refractivity contribution < 1.29 is 4.42 Å². The van der Waals surface area contributed by atoms with Crippen LogP contribution in [-0.2, 0) is 0 Å². The predicted octanol–water partition coefficient (Wildman–Crippen LogP) is 19.3. The van der Waals surface area contributed by atoms with E-state index in [1.54, 1.807) is 0 Å². The van der Waals surface area contributed by atoms with Crippen molar-refractivity contribution in [1.82, 2.24) is 4.57 Å². The van der Waals surface area contributed by atoms with E-state index in [-0.39, 0.29) is 20.1 Å². The molecule has 105 heavy (non-hydrogen) atoms. The fraction of sp³-hybridized carbons (Fsp3) is 0. The average molecular weight is 1360 g/mol. The number of furan rings is 1. The highest BCUT2D eigenvalue weighted by Gasteiger charge is 2.39. The van der Waals surface area contributed by atoms with Crippen LogP contribution >= 0.6 is 11.3 Å². The lowest BCUT2D eigenvalue weighted by molar-refractivity contribution is 0.669. The Morgan fingerprint density at radius 1 is 0.210 bits per heavy atom. The SMILES string of the molecule is c1ccc(N2c3ccccc3B(c3ccc4c(c3)c3ccccc3n4-c3ccccc3)c3ccccc32)cc1.c1ccc(N2c3ccccc3B(c3ccc4oc5ccccc5c4c3)c3ccccc32)cc1.c1ccc(N2c3ccccc3B(c3ccc4sc5ccccc5c4c3)c3ccccc32)cc1. The number of hydrogen-bond acceptors (Lipinski definition) is 5. The van der Waals surface area contributed by atoms with Crippen molar-refractivity contribution in [2.45, 2.75) is 0 Å². The molecule has 0 radical (unpaired) electrons. The van der Waals surface area contributed by atoms with Crippen LogP contribution in [0.3, 0.4) is 0 Å². The first kappa shape index (κ1) is 61.8. The van der Waals surface area contributed by atoms with Crippen molar-refractivity contribution in [3.8, 4) is 5.69 Å². The van der Waals surface area contributed by atoms with Crippen LogP contribution in [0.5, 0.6) is 0 Å². The monoisotopic (exact) mass is 1350 g/mol. The van der Waals surface area contributed by atoms with E-state index in [9.17, 15) is 0 Å². The van der Waals surface area contributed by atoms with Crippen molar-refractivity contribution in [3.63, 3.8) is 0 Å². The number of rotatable bonds is 7. The van der Waals surface area contributed by atoms with E-state index in [4.69, 9.17) is 4.42 Å². The van der Waals surface area contributed by atoms with Gasteiger partial charge in [-0.3, -0.25) is 0 Å². The molecule has 0 fully saturated rings. The van der Waals surface area contributed by atoms with Gasteiger partial charge >= 0.3 is 0 Å². The van der Waals surface area contributed by atoms with Crippen LogP contribution in [0.2, 0.25) is 0 Å². The standard InChI is InChI=1S/C36H25BN2.C30H20BNO.C30H20BNS/c1-3-13-27(14-4-1)38-33-20-10-7-17-29(33)30-25-26(23-24-34(30)38)37-31-18-8-11-21-35(31)39(28-15-5-2-6-16-28)36-22-12-9-19-32(36)37;2*1-2-10-22(11-3-1)32-27-15-7-5-13-25(27)31(26-14-6-8-16-28(26)32)21-18-19-30-24(20-21)23-12-4-9-17-29(23)33-30/h1-25H;2*1-20H. The molecule has 3 aromatic heterocycles. The Bertz CT molecular complexity index is 6110. The van der Waals surface area contributed by atoms with Crippen LogP contribution in [0.25, 0.3) is 69.6 Å². The van der Waals surface area contributed by atoms with Gasteiger partial charge in [0.2, 0.25) is 20.1 Å². The number of benzene rings is 16. The highest BCUT2D eigenvalue weighted by atomic mass is 32.1. The minimum absolute atomic E-state index is 0.139. The third kappa shape index (κ3) is 10.6. The Morgan fingerprint density at radius 3 is 0.990 bits per heavy atom. The maximum atomic E-state index is 6.10. The Morgan fingerprint density at radius 2 is 0.524 bits per heavy atom. The van der Waals surface area contributed by atoms with Crippen LogP contribution < -0.4 is 63.9 Å². The van der Waals surface area contributed by atoms with Crippen molar-refractivity contribution in [2.24, 2.45) is 0 Å². The number of nitrogens with zero attached hydrogens (tertiary/aromatic N) is 4. The van der Waals surface area contributed by atoms with Crippen molar-refractivity contribution >= 4 is 196 Å². The normalized spacial score (nSPS) is 12.6. The molecule has 0 N–H and O–H groups in total. The zero-order chi connectivity index (χ0) is 69.3. The minimum atomic E-state index is 0.139. The van der Waals surface area contributed by atoms with E-state index in [1.165, 1.54) is 153 Å². The smallest absolute Gasteiger partial charge is 0.246 e. The summed E-state index contributed by atoms with van der Waals surface area (Å²) in [6.45, 7) is 0.483. The van der Waals surface area contributed by atoms with Crippen molar-refractivity contribution in [2.75, 3.05) is 14.7 Å². The van der Waals surface area contributed by atoms with Crippen molar-refractivity contribution in [1.29, 1.82) is 0 Å². The van der Waals surface area contributed by atoms with Crippen LogP contribution in [0.1, 0.15) is 0 Å². The topological polar surface area (TPSA) is 27.8 Å². The zero-order valence-corrected chi connectivity index (χ0v) is 58.2. The molecule has 0 saturated carbocycles. The molecule has 5 nitrogen and oxygen atoms in total. The van der Waals surface area contributed by atoms with Gasteiger partial charge in [-0.05, 0) is 159 Å². The maximum Gasteiger partial charge on any atom is 0.246 e. The molecule has 0 aliphatic carbocycles. The first-order chi connectivity index (χ1) is 52.1. The highest BCUT2D eigenvalue weighted by Crippen LogP contribution is 2.41. The maximum absolute atomic E-state index is 6.10. The number of fused-ring (bicyclic) bond motifs is 15. The number of hydrogen-bond donors (Lipinski definition) is 0. The Hall–Kier alpha value is -13.1. The molecule has 0 amide bonds. The van der Waals surface area contributed by atoms with E-state index in [0.717, 1.165) is 16.6 Å². The van der Waals surface area contributed by atoms with Gasteiger partial charge in [0.25, 0.3) is 0 Å². The van der Waals surface area contributed by atoms with Gasteiger partial charge in [-0.2, -0.15) is 0 Å². The largest absolute Gasteiger partial charge is 0.456 e. The third-order valence-electron chi connectivity index (χ3n) is 21.5. The van der Waals surface area contributed by atoms with Gasteiger partial charge in [-0.15, -0.1) is 11.3 Å². The summed E-state index contributed by atoms with van der Waals surface area (Å²) in [7, 11) is 0. The van der Waals surface area contributed by atoms with Crippen LogP contribution in [0, 0.1) is 0 Å². The molecule has 3 aliphatic rings. The highest BCUT2D eigenvalue weighted by molar-refractivity contribution is 7.25. The lowest BCUT2D eigenvalue weighted by Crippen LogP contribution is -2.57. The first-order valence-corrected chi connectivity index (χ1v) is 37.0. The number of aromatic nitrogens is 1. The molecule has 0 bridgehead atoms. The van der Waals surface area contributed by atoms with Gasteiger partial charge in [-0.1, -0.05) is 289 Å². The van der Waals surface area contributed by atoms with Crippen molar-refractivity contribution in [3.05, 3.63) is 394 Å². The predicted molar refractivity (Wildman–Crippen MR) is 451 cm³/mol. The van der Waals surface area contributed by atoms with Gasteiger partial charge in [0, 0.05) is 93.2 Å². The van der Waals surface area contributed by atoms with Crippen LogP contribution in [0.4, 0.5) is 51.2 Å². The zero-order valence-electron chi connectivity index (χ0n) is 57.4. The molecule has 6 heterocycles. The molecule has 0 spiro atoms. The first-order valence-electron chi connectivity index (χ1n) is 36.2. The fourth-order valence-corrected chi connectivity index (χ4v) is 18.1. The molecule has 0 atom stereocenters. The van der Waals surface area contributed by atoms with Gasteiger partial charge in [0.05, 0.1) is 11.0 Å². The van der Waals surface area contributed by atoms with Crippen LogP contribution in [-0.4, -0.2) is 24.7 Å². The summed E-state index contributed by atoms with van der Waals surface area (Å²) in [4.78, 5) is 7.19. The Labute approximate surface area is 615 Å². The summed E-state index contributed by atoms with van der Waals surface area (Å²) >= 11 is 1.88. The van der Waals surface area contributed by atoms with E-state index in [1.807, 2.05) is 23.5 Å². The van der Waals surface area contributed by atoms with Gasteiger partial charge in [0.1, 0.15) is 11.2 Å². The van der Waals surface area contributed by atoms with E-state index in [2.05, 4.69) is 401 Å². The average Bonchev–Trinajstić information content (AvgIpc) is 1.72. The third-order valence-corrected chi connectivity index (χ3v) is 22.6. The molecule has 9 heteroatoms. The van der Waals surface area contributed by atoms with E-state index >= 15 is 0 Å². The second kappa shape index (κ2) is 26.1. The molecule has 22 rings (SSSR count). The molecule has 19 aromatic rings. The lowest BCUT2D eigenvalue weighted by Gasteiger charge is -2.37. The van der Waals surface area contributed by atoms with E-state index < -0.39 is 0 Å². The van der Waals surface area contributed by atoms with Crippen LogP contribution in [0.15, 0.2) is 399 Å². The molecule has 490 valence electrons. The summed E-state index contributed by atoms with van der Waals surface area (Å²) < 4.78 is 11.2. The Balaban J connectivity index is 0.000000105. The van der Waals surface area contributed by atoms with Gasteiger partial charge in [0.15, 0.2) is 0 Å². The van der Waals surface area contributed by atoms with Gasteiger partial charge in [-0.25, -0.2) is 0 Å². The molecule has 16 aromatic carbocycles. The Kier molecular flexibility index (Phi) is 15.3. The number of para-hydroxylation sites is 12. The summed E-state index contributed by atoms with van der Waals surface area (Å²) in [5.74, 6) is 0.